The summed E-state index contributed by atoms with van der Waals surface area (Å²) in [5.74, 6) is 1.16. The summed E-state index contributed by atoms with van der Waals surface area (Å²) in [6, 6.07) is 3.80. The predicted molar refractivity (Wildman–Crippen MR) is 103 cm³/mol. The van der Waals surface area contributed by atoms with E-state index in [2.05, 4.69) is 5.32 Å². The molecule has 1 aromatic carbocycles. The van der Waals surface area contributed by atoms with E-state index >= 15 is 0 Å². The minimum Gasteiger partial charge on any atom is -0.493 e. The Kier molecular flexibility index (Phi) is 9.08. The first-order chi connectivity index (χ1) is 12.8. The van der Waals surface area contributed by atoms with Gasteiger partial charge in [-0.2, -0.15) is 0 Å². The number of ketones is 1. The molecule has 0 radical (unpaired) electrons. The number of carbonyl (C=O) groups excluding carboxylic acids is 2. The molecule has 27 heavy (non-hydrogen) atoms. The highest BCUT2D eigenvalue weighted by Crippen LogP contribution is 2.38. The lowest BCUT2D eigenvalue weighted by molar-refractivity contribution is -0.157. The molecule has 0 bridgehead atoms. The predicted octanol–water partition coefficient (Wildman–Crippen LogP) is 2.39. The van der Waals surface area contributed by atoms with Crippen LogP contribution in [0.5, 0.6) is 17.2 Å². The van der Waals surface area contributed by atoms with Gasteiger partial charge in [-0.15, -0.1) is 0 Å². The quantitative estimate of drug-likeness (QED) is 0.338. The van der Waals surface area contributed by atoms with Crippen LogP contribution in [0.25, 0.3) is 0 Å². The Labute approximate surface area is 161 Å². The minimum absolute atomic E-state index is 0.138. The Morgan fingerprint density at radius 1 is 1.00 bits per heavy atom. The van der Waals surface area contributed by atoms with Crippen molar-refractivity contribution >= 4 is 11.8 Å². The monoisotopic (exact) mass is 381 g/mol. The summed E-state index contributed by atoms with van der Waals surface area (Å²) in [4.78, 5) is 24.1. The summed E-state index contributed by atoms with van der Waals surface area (Å²) in [6.07, 6.45) is 0.993. The van der Waals surface area contributed by atoms with Gasteiger partial charge in [0.15, 0.2) is 17.3 Å². The number of benzene rings is 1. The van der Waals surface area contributed by atoms with Crippen LogP contribution in [-0.4, -0.2) is 52.8 Å². The molecule has 7 nitrogen and oxygen atoms in total. The Bertz CT molecular complexity index is 616. The van der Waals surface area contributed by atoms with Crippen LogP contribution in [0.1, 0.15) is 32.8 Å². The summed E-state index contributed by atoms with van der Waals surface area (Å²) in [7, 11) is 4.73. The van der Waals surface area contributed by atoms with E-state index in [1.165, 1.54) is 0 Å². The van der Waals surface area contributed by atoms with Crippen molar-refractivity contribution in [2.45, 2.75) is 33.6 Å². The molecule has 0 atom stereocenters. The third-order valence-corrected chi connectivity index (χ3v) is 4.33. The topological polar surface area (TPSA) is 83.1 Å². The average Bonchev–Trinajstić information content (AvgIpc) is 2.66. The maximum absolute atomic E-state index is 12.3. The maximum atomic E-state index is 12.3. The second-order valence-corrected chi connectivity index (χ2v) is 6.55. The molecule has 0 aliphatic carbocycles. The van der Waals surface area contributed by atoms with Gasteiger partial charge in [-0.1, -0.05) is 0 Å². The van der Waals surface area contributed by atoms with Gasteiger partial charge in [-0.3, -0.25) is 9.59 Å². The van der Waals surface area contributed by atoms with Crippen LogP contribution >= 0.6 is 0 Å². The minimum atomic E-state index is -1.12. The van der Waals surface area contributed by atoms with E-state index in [1.54, 1.807) is 42.1 Å². The van der Waals surface area contributed by atoms with Crippen LogP contribution in [0.4, 0.5) is 0 Å². The van der Waals surface area contributed by atoms with Crippen molar-refractivity contribution in [2.75, 3.05) is 41.0 Å². The van der Waals surface area contributed by atoms with Gasteiger partial charge in [-0.25, -0.2) is 0 Å². The number of methoxy groups -OCH3 is 3. The molecule has 1 rings (SSSR count). The average molecular weight is 381 g/mol. The first kappa shape index (κ1) is 22.8. The largest absolute Gasteiger partial charge is 0.493 e. The molecule has 1 aromatic rings. The summed E-state index contributed by atoms with van der Waals surface area (Å²) in [6.45, 7) is 6.36. The molecule has 0 amide bonds. The lowest BCUT2D eigenvalue weighted by Gasteiger charge is -2.20. The third kappa shape index (κ3) is 6.13. The highest BCUT2D eigenvalue weighted by atomic mass is 16.5. The van der Waals surface area contributed by atoms with Gasteiger partial charge in [0, 0.05) is 13.0 Å². The lowest BCUT2D eigenvalue weighted by atomic mass is 9.86. The van der Waals surface area contributed by atoms with Gasteiger partial charge in [0.05, 0.1) is 27.9 Å². The SMILES string of the molecule is CCOC(=O)C(C)(C)C(=O)CCNCCc1cc(OC)c(OC)c(OC)c1. The first-order valence-corrected chi connectivity index (χ1v) is 9.01. The number of hydrogen-bond acceptors (Lipinski definition) is 7. The fourth-order valence-electron chi connectivity index (χ4n) is 2.58. The zero-order chi connectivity index (χ0) is 20.4. The summed E-state index contributed by atoms with van der Waals surface area (Å²) < 4.78 is 21.0. The Hall–Kier alpha value is -2.28. The number of Topliss-reactive ketones (excluding diaryl/α,β-unsaturated/α-hetero) is 1. The third-order valence-electron chi connectivity index (χ3n) is 4.33. The molecule has 0 aliphatic rings. The molecule has 1 N–H and O–H groups in total. The number of carbonyl (C=O) groups is 2. The lowest BCUT2D eigenvalue weighted by Crippen LogP contribution is -2.36. The molecule has 0 saturated heterocycles. The fourth-order valence-corrected chi connectivity index (χ4v) is 2.58. The highest BCUT2D eigenvalue weighted by molar-refractivity contribution is 6.02. The van der Waals surface area contributed by atoms with Crippen molar-refractivity contribution in [3.63, 3.8) is 0 Å². The Morgan fingerprint density at radius 2 is 1.59 bits per heavy atom. The zero-order valence-electron chi connectivity index (χ0n) is 17.1. The van der Waals surface area contributed by atoms with Gasteiger partial charge in [0.1, 0.15) is 5.41 Å². The van der Waals surface area contributed by atoms with E-state index in [9.17, 15) is 9.59 Å². The summed E-state index contributed by atoms with van der Waals surface area (Å²) in [5, 5.41) is 3.23. The standard InChI is InChI=1S/C20H31NO6/c1-7-27-19(23)20(2,3)17(22)9-11-21-10-8-14-12-15(24-4)18(26-6)16(13-14)25-5/h12-13,21H,7-11H2,1-6H3. The van der Waals surface area contributed by atoms with Crippen LogP contribution in [0.15, 0.2) is 12.1 Å². The summed E-state index contributed by atoms with van der Waals surface area (Å²) in [5.41, 5.74) is -0.0933. The number of hydrogen-bond donors (Lipinski definition) is 1. The highest BCUT2D eigenvalue weighted by Gasteiger charge is 2.36. The molecule has 152 valence electrons. The van der Waals surface area contributed by atoms with Crippen molar-refractivity contribution in [3.05, 3.63) is 17.7 Å². The second-order valence-electron chi connectivity index (χ2n) is 6.55. The van der Waals surface area contributed by atoms with Gasteiger partial charge in [-0.05, 0) is 51.4 Å². The summed E-state index contributed by atoms with van der Waals surface area (Å²) >= 11 is 0. The van der Waals surface area contributed by atoms with Crippen LogP contribution < -0.4 is 19.5 Å². The Balaban J connectivity index is 2.53. The molecule has 7 heteroatoms. The zero-order valence-corrected chi connectivity index (χ0v) is 17.1. The molecule has 0 saturated carbocycles. The van der Waals surface area contributed by atoms with Gasteiger partial charge in [0.25, 0.3) is 0 Å². The van der Waals surface area contributed by atoms with Crippen molar-refractivity contribution in [1.82, 2.24) is 5.32 Å². The van der Waals surface area contributed by atoms with E-state index in [0.29, 0.717) is 30.3 Å². The van der Waals surface area contributed by atoms with Crippen LogP contribution in [0.2, 0.25) is 0 Å². The fraction of sp³-hybridized carbons (Fsp3) is 0.600. The van der Waals surface area contributed by atoms with E-state index < -0.39 is 11.4 Å². The number of ether oxygens (including phenoxy) is 4. The van der Waals surface area contributed by atoms with E-state index in [4.69, 9.17) is 18.9 Å². The van der Waals surface area contributed by atoms with Crippen molar-refractivity contribution in [3.8, 4) is 17.2 Å². The molecule has 0 unspecified atom stereocenters. The number of esters is 1. The number of nitrogens with one attached hydrogen (secondary N) is 1. The number of rotatable bonds is 12. The van der Waals surface area contributed by atoms with Crippen LogP contribution in [0, 0.1) is 5.41 Å². The normalized spacial score (nSPS) is 11.0. The molecular formula is C20H31NO6. The van der Waals surface area contributed by atoms with Gasteiger partial charge >= 0.3 is 5.97 Å². The molecule has 0 heterocycles. The molecule has 0 aromatic heterocycles. The van der Waals surface area contributed by atoms with E-state index in [-0.39, 0.29) is 18.8 Å². The second kappa shape index (κ2) is 10.8. The molecule has 0 spiro atoms. The van der Waals surface area contributed by atoms with Crippen LogP contribution in [0.3, 0.4) is 0 Å². The molecule has 0 aliphatic heterocycles. The van der Waals surface area contributed by atoms with Crippen LogP contribution in [-0.2, 0) is 20.7 Å². The molecule has 0 fully saturated rings. The van der Waals surface area contributed by atoms with Crippen molar-refractivity contribution < 1.29 is 28.5 Å². The maximum Gasteiger partial charge on any atom is 0.319 e. The van der Waals surface area contributed by atoms with Gasteiger partial charge < -0.3 is 24.3 Å². The van der Waals surface area contributed by atoms with E-state index in [0.717, 1.165) is 12.0 Å². The smallest absolute Gasteiger partial charge is 0.319 e. The van der Waals surface area contributed by atoms with Gasteiger partial charge in [0.2, 0.25) is 5.75 Å². The first-order valence-electron chi connectivity index (χ1n) is 9.01. The Morgan fingerprint density at radius 3 is 2.07 bits per heavy atom. The van der Waals surface area contributed by atoms with Crippen molar-refractivity contribution in [2.24, 2.45) is 5.41 Å². The van der Waals surface area contributed by atoms with E-state index in [1.807, 2.05) is 12.1 Å². The van der Waals surface area contributed by atoms with Crippen molar-refractivity contribution in [1.29, 1.82) is 0 Å². The molecular weight excluding hydrogens is 350 g/mol.